The molecule has 1 heterocycles. The lowest BCUT2D eigenvalue weighted by Gasteiger charge is -2.16. The maximum absolute atomic E-state index is 11.4. The van der Waals surface area contributed by atoms with Crippen LogP contribution in [0, 0.1) is 0 Å². The zero-order chi connectivity index (χ0) is 10.7. The van der Waals surface area contributed by atoms with Gasteiger partial charge >= 0.3 is 12.0 Å². The number of nitrogens with one attached hydrogen (secondary N) is 1. The zero-order valence-electron chi connectivity index (χ0n) is 7.82. The highest BCUT2D eigenvalue weighted by Gasteiger charge is 2.39. The molecule has 6 heteroatoms. The standard InChI is InChI=1S/C8H12N2O4/c1-2-3-6(11)10-5(7(12)13)4-9-8(10)14/h5H,2-4H2,1H3,(H,9,14)(H,12,13). The largest absolute Gasteiger partial charge is 0.480 e. The fourth-order valence-electron chi connectivity index (χ4n) is 1.32. The highest BCUT2D eigenvalue weighted by atomic mass is 16.4. The molecule has 2 N–H and O–H groups in total. The lowest BCUT2D eigenvalue weighted by molar-refractivity contribution is -0.146. The van der Waals surface area contributed by atoms with Crippen molar-refractivity contribution < 1.29 is 19.5 Å². The molecule has 1 fully saturated rings. The van der Waals surface area contributed by atoms with E-state index in [0.717, 1.165) is 4.90 Å². The normalized spacial score (nSPS) is 20.8. The number of urea groups is 1. The van der Waals surface area contributed by atoms with Gasteiger partial charge in [0.1, 0.15) is 0 Å². The predicted molar refractivity (Wildman–Crippen MR) is 46.6 cm³/mol. The van der Waals surface area contributed by atoms with Crippen molar-refractivity contribution in [1.82, 2.24) is 10.2 Å². The summed E-state index contributed by atoms with van der Waals surface area (Å²) in [6, 6.07) is -1.67. The summed E-state index contributed by atoms with van der Waals surface area (Å²) in [7, 11) is 0. The first-order valence-corrected chi connectivity index (χ1v) is 4.40. The summed E-state index contributed by atoms with van der Waals surface area (Å²) >= 11 is 0. The molecule has 0 aromatic carbocycles. The van der Waals surface area contributed by atoms with Gasteiger partial charge in [-0.05, 0) is 6.42 Å². The number of imide groups is 1. The smallest absolute Gasteiger partial charge is 0.328 e. The molecule has 0 spiro atoms. The highest BCUT2D eigenvalue weighted by molar-refractivity contribution is 6.00. The van der Waals surface area contributed by atoms with Crippen LogP contribution < -0.4 is 5.32 Å². The molecular formula is C8H12N2O4. The summed E-state index contributed by atoms with van der Waals surface area (Å²) in [5.41, 5.74) is 0. The van der Waals surface area contributed by atoms with E-state index in [9.17, 15) is 14.4 Å². The molecule has 1 rings (SSSR count). The molecule has 1 aliphatic heterocycles. The quantitative estimate of drug-likeness (QED) is 0.660. The summed E-state index contributed by atoms with van der Waals surface area (Å²) in [5, 5.41) is 11.1. The Morgan fingerprint density at radius 3 is 2.79 bits per heavy atom. The number of hydrogen-bond acceptors (Lipinski definition) is 3. The van der Waals surface area contributed by atoms with Gasteiger partial charge in [-0.25, -0.2) is 14.5 Å². The van der Waals surface area contributed by atoms with E-state index in [2.05, 4.69) is 5.32 Å². The van der Waals surface area contributed by atoms with Crippen LogP contribution in [0.5, 0.6) is 0 Å². The number of amides is 3. The van der Waals surface area contributed by atoms with Gasteiger partial charge in [-0.1, -0.05) is 6.92 Å². The van der Waals surface area contributed by atoms with E-state index >= 15 is 0 Å². The Morgan fingerprint density at radius 2 is 2.29 bits per heavy atom. The summed E-state index contributed by atoms with van der Waals surface area (Å²) < 4.78 is 0. The Morgan fingerprint density at radius 1 is 1.64 bits per heavy atom. The summed E-state index contributed by atoms with van der Waals surface area (Å²) in [5.74, 6) is -1.59. The summed E-state index contributed by atoms with van der Waals surface area (Å²) in [6.07, 6.45) is 0.784. The number of hydrogen-bond donors (Lipinski definition) is 2. The molecule has 0 aromatic heterocycles. The Balaban J connectivity index is 2.76. The molecule has 14 heavy (non-hydrogen) atoms. The third kappa shape index (κ3) is 1.84. The van der Waals surface area contributed by atoms with Crippen molar-refractivity contribution in [3.8, 4) is 0 Å². The second kappa shape index (κ2) is 4.08. The second-order valence-electron chi connectivity index (χ2n) is 3.05. The van der Waals surface area contributed by atoms with Crippen LogP contribution in [0.25, 0.3) is 0 Å². The molecule has 6 nitrogen and oxygen atoms in total. The van der Waals surface area contributed by atoms with Gasteiger partial charge in [0.15, 0.2) is 6.04 Å². The molecule has 3 amide bonds. The minimum absolute atomic E-state index is 0.0103. The molecule has 0 aliphatic carbocycles. The van der Waals surface area contributed by atoms with Crippen LogP contribution in [-0.2, 0) is 9.59 Å². The van der Waals surface area contributed by atoms with Gasteiger partial charge in [-0.15, -0.1) is 0 Å². The van der Waals surface area contributed by atoms with Gasteiger partial charge in [0.25, 0.3) is 0 Å². The molecule has 1 saturated heterocycles. The average molecular weight is 200 g/mol. The number of rotatable bonds is 3. The molecule has 1 aliphatic rings. The van der Waals surface area contributed by atoms with Crippen molar-refractivity contribution in [1.29, 1.82) is 0 Å². The minimum Gasteiger partial charge on any atom is -0.480 e. The van der Waals surface area contributed by atoms with Crippen molar-refractivity contribution in [2.75, 3.05) is 6.54 Å². The summed E-state index contributed by atoms with van der Waals surface area (Å²) in [4.78, 5) is 34.0. The minimum atomic E-state index is -1.16. The van der Waals surface area contributed by atoms with Gasteiger partial charge in [-0.2, -0.15) is 0 Å². The van der Waals surface area contributed by atoms with E-state index in [0.29, 0.717) is 6.42 Å². The molecule has 78 valence electrons. The van der Waals surface area contributed by atoms with Crippen LogP contribution in [0.4, 0.5) is 4.79 Å². The number of carbonyl (C=O) groups is 3. The number of aliphatic carboxylic acids is 1. The molecule has 0 aromatic rings. The Bertz CT molecular complexity index is 277. The number of nitrogens with zero attached hydrogens (tertiary/aromatic N) is 1. The first-order valence-electron chi connectivity index (χ1n) is 4.40. The van der Waals surface area contributed by atoms with Crippen molar-refractivity contribution in [3.63, 3.8) is 0 Å². The van der Waals surface area contributed by atoms with Gasteiger partial charge in [0, 0.05) is 6.42 Å². The fraction of sp³-hybridized carbons (Fsp3) is 0.625. The number of carboxylic acid groups (broad SMARTS) is 1. The third-order valence-electron chi connectivity index (χ3n) is 1.99. The molecule has 1 unspecified atom stereocenters. The molecule has 1 atom stereocenters. The maximum atomic E-state index is 11.4. The molecule has 0 bridgehead atoms. The third-order valence-corrected chi connectivity index (χ3v) is 1.99. The van der Waals surface area contributed by atoms with Gasteiger partial charge in [-0.3, -0.25) is 4.79 Å². The average Bonchev–Trinajstić information content (AvgIpc) is 2.47. The molecule has 0 radical (unpaired) electrons. The Labute approximate surface area is 80.9 Å². The first kappa shape index (κ1) is 10.5. The van der Waals surface area contributed by atoms with Crippen LogP contribution in [-0.4, -0.2) is 40.5 Å². The topological polar surface area (TPSA) is 86.7 Å². The SMILES string of the molecule is CCCC(=O)N1C(=O)NCC1C(=O)O. The second-order valence-corrected chi connectivity index (χ2v) is 3.05. The maximum Gasteiger partial charge on any atom is 0.328 e. The van der Waals surface area contributed by atoms with Crippen LogP contribution in [0.2, 0.25) is 0 Å². The monoisotopic (exact) mass is 200 g/mol. The van der Waals surface area contributed by atoms with Gasteiger partial charge in [0.05, 0.1) is 6.54 Å². The summed E-state index contributed by atoms with van der Waals surface area (Å²) in [6.45, 7) is 1.78. The van der Waals surface area contributed by atoms with E-state index in [1.165, 1.54) is 0 Å². The Kier molecular flexibility index (Phi) is 3.06. The first-order chi connectivity index (χ1) is 6.57. The highest BCUT2D eigenvalue weighted by Crippen LogP contribution is 2.10. The predicted octanol–water partition coefficient (Wildman–Crippen LogP) is -0.208. The van der Waals surface area contributed by atoms with Gasteiger partial charge in [0.2, 0.25) is 5.91 Å². The van der Waals surface area contributed by atoms with Crippen molar-refractivity contribution in [2.45, 2.75) is 25.8 Å². The fourth-order valence-corrected chi connectivity index (χ4v) is 1.32. The lowest BCUT2D eigenvalue weighted by atomic mass is 10.2. The van der Waals surface area contributed by atoms with Crippen LogP contribution in [0.3, 0.4) is 0 Å². The van der Waals surface area contributed by atoms with E-state index < -0.39 is 23.9 Å². The van der Waals surface area contributed by atoms with Crippen molar-refractivity contribution >= 4 is 17.9 Å². The van der Waals surface area contributed by atoms with E-state index in [4.69, 9.17) is 5.11 Å². The van der Waals surface area contributed by atoms with E-state index in [-0.39, 0.29) is 13.0 Å². The zero-order valence-corrected chi connectivity index (χ0v) is 7.82. The Hall–Kier alpha value is -1.59. The van der Waals surface area contributed by atoms with Crippen molar-refractivity contribution in [2.24, 2.45) is 0 Å². The van der Waals surface area contributed by atoms with Crippen molar-refractivity contribution in [3.05, 3.63) is 0 Å². The van der Waals surface area contributed by atoms with E-state index in [1.54, 1.807) is 6.92 Å². The number of carboxylic acids is 1. The molecule has 0 saturated carbocycles. The molecular weight excluding hydrogens is 188 g/mol. The number of carbonyl (C=O) groups excluding carboxylic acids is 2. The lowest BCUT2D eigenvalue weighted by Crippen LogP contribution is -2.43. The van der Waals surface area contributed by atoms with Crippen LogP contribution in [0.1, 0.15) is 19.8 Å². The van der Waals surface area contributed by atoms with E-state index in [1.807, 2.05) is 0 Å². The van der Waals surface area contributed by atoms with Crippen LogP contribution in [0.15, 0.2) is 0 Å². The van der Waals surface area contributed by atoms with Crippen LogP contribution >= 0.6 is 0 Å². The van der Waals surface area contributed by atoms with Gasteiger partial charge < -0.3 is 10.4 Å².